The number of carbonyl (C=O) groups is 2. The highest BCUT2D eigenvalue weighted by atomic mass is 32.2. The molecule has 0 aromatic heterocycles. The van der Waals surface area contributed by atoms with Gasteiger partial charge in [0, 0.05) is 29.3 Å². The van der Waals surface area contributed by atoms with E-state index in [-0.39, 0.29) is 24.0 Å². The molecule has 2 aromatic rings. The number of anilines is 3. The summed E-state index contributed by atoms with van der Waals surface area (Å²) in [5.41, 5.74) is 1.55. The lowest BCUT2D eigenvalue weighted by atomic mass is 10.2. The standard InChI is InChI=1S/C20H22FN3O2S/c1-13-9-10-24(18-5-3-4-6-19(18)27-13)20(26)12-22-17-11-15(23-14(2)25)7-8-16(17)21/h3-8,11,13,22H,9-10,12H2,1-2H3,(H,23,25). The van der Waals surface area contributed by atoms with Crippen LogP contribution in [0.25, 0.3) is 0 Å². The second-order valence-corrected chi connectivity index (χ2v) is 7.94. The summed E-state index contributed by atoms with van der Waals surface area (Å²) in [5, 5.41) is 5.89. The van der Waals surface area contributed by atoms with Crippen molar-refractivity contribution in [3.8, 4) is 0 Å². The maximum Gasteiger partial charge on any atom is 0.246 e. The minimum atomic E-state index is -0.475. The number of hydrogen-bond donors (Lipinski definition) is 2. The smallest absolute Gasteiger partial charge is 0.246 e. The lowest BCUT2D eigenvalue weighted by Gasteiger charge is -2.23. The van der Waals surface area contributed by atoms with Gasteiger partial charge in [0.2, 0.25) is 11.8 Å². The molecule has 1 atom stereocenters. The van der Waals surface area contributed by atoms with Gasteiger partial charge in [-0.3, -0.25) is 9.59 Å². The van der Waals surface area contributed by atoms with Gasteiger partial charge in [0.25, 0.3) is 0 Å². The van der Waals surface area contributed by atoms with Crippen molar-refractivity contribution in [2.75, 3.05) is 28.6 Å². The fraction of sp³-hybridized carbons (Fsp3) is 0.300. The second-order valence-electron chi connectivity index (χ2n) is 6.46. The molecule has 0 fully saturated rings. The van der Waals surface area contributed by atoms with Crippen LogP contribution in [0.4, 0.5) is 21.5 Å². The van der Waals surface area contributed by atoms with Gasteiger partial charge in [0.05, 0.1) is 17.9 Å². The molecule has 1 unspecified atom stereocenters. The van der Waals surface area contributed by atoms with Crippen molar-refractivity contribution < 1.29 is 14.0 Å². The summed E-state index contributed by atoms with van der Waals surface area (Å²) in [4.78, 5) is 26.8. The van der Waals surface area contributed by atoms with Crippen LogP contribution in [-0.2, 0) is 9.59 Å². The van der Waals surface area contributed by atoms with E-state index in [4.69, 9.17) is 0 Å². The minimum absolute atomic E-state index is 0.0339. The monoisotopic (exact) mass is 387 g/mol. The van der Waals surface area contributed by atoms with E-state index in [0.717, 1.165) is 17.0 Å². The fourth-order valence-electron chi connectivity index (χ4n) is 2.95. The van der Waals surface area contributed by atoms with Crippen molar-refractivity contribution in [2.45, 2.75) is 30.4 Å². The van der Waals surface area contributed by atoms with Crippen molar-refractivity contribution >= 4 is 40.6 Å². The molecule has 0 radical (unpaired) electrons. The largest absolute Gasteiger partial charge is 0.374 e. The Kier molecular flexibility index (Phi) is 6.01. The molecule has 0 saturated carbocycles. The molecule has 27 heavy (non-hydrogen) atoms. The van der Waals surface area contributed by atoms with Gasteiger partial charge in [-0.2, -0.15) is 0 Å². The van der Waals surface area contributed by atoms with E-state index < -0.39 is 5.82 Å². The molecule has 2 N–H and O–H groups in total. The number of para-hydroxylation sites is 1. The SMILES string of the molecule is CC(=O)Nc1ccc(F)c(NCC(=O)N2CCC(C)Sc3ccccc32)c1. The van der Waals surface area contributed by atoms with Crippen LogP contribution in [-0.4, -0.2) is 30.2 Å². The number of rotatable bonds is 4. The zero-order valence-corrected chi connectivity index (χ0v) is 16.1. The number of nitrogens with one attached hydrogen (secondary N) is 2. The molecule has 1 aliphatic heterocycles. The first-order valence-corrected chi connectivity index (χ1v) is 9.69. The molecule has 142 valence electrons. The molecule has 7 heteroatoms. The molecule has 2 aromatic carbocycles. The highest BCUT2D eigenvalue weighted by Gasteiger charge is 2.24. The quantitative estimate of drug-likeness (QED) is 0.829. The van der Waals surface area contributed by atoms with Crippen LogP contribution in [0.2, 0.25) is 0 Å². The number of halogens is 1. The van der Waals surface area contributed by atoms with E-state index in [9.17, 15) is 14.0 Å². The van der Waals surface area contributed by atoms with Crippen LogP contribution >= 0.6 is 11.8 Å². The summed E-state index contributed by atoms with van der Waals surface area (Å²) in [6.45, 7) is 4.13. The fourth-order valence-corrected chi connectivity index (χ4v) is 4.07. The van der Waals surface area contributed by atoms with Crippen molar-refractivity contribution in [1.82, 2.24) is 0 Å². The van der Waals surface area contributed by atoms with E-state index in [1.54, 1.807) is 16.7 Å². The summed E-state index contributed by atoms with van der Waals surface area (Å²) in [5.74, 6) is -0.838. The Hall–Kier alpha value is -2.54. The average molecular weight is 387 g/mol. The Balaban J connectivity index is 1.74. The highest BCUT2D eigenvalue weighted by Crippen LogP contribution is 2.37. The van der Waals surface area contributed by atoms with Crippen LogP contribution < -0.4 is 15.5 Å². The molecule has 0 bridgehead atoms. The molecule has 0 saturated heterocycles. The van der Waals surface area contributed by atoms with E-state index >= 15 is 0 Å². The third kappa shape index (κ3) is 4.80. The Morgan fingerprint density at radius 1 is 1.26 bits per heavy atom. The first kappa shape index (κ1) is 19.2. The zero-order valence-electron chi connectivity index (χ0n) is 15.3. The third-order valence-electron chi connectivity index (χ3n) is 4.26. The van der Waals surface area contributed by atoms with Crippen LogP contribution in [0.3, 0.4) is 0 Å². The minimum Gasteiger partial charge on any atom is -0.374 e. The van der Waals surface area contributed by atoms with E-state index in [2.05, 4.69) is 17.6 Å². The van der Waals surface area contributed by atoms with Gasteiger partial charge in [0.15, 0.2) is 0 Å². The molecule has 0 spiro atoms. The normalized spacial score (nSPS) is 16.3. The van der Waals surface area contributed by atoms with Crippen LogP contribution in [0.1, 0.15) is 20.3 Å². The van der Waals surface area contributed by atoms with Gasteiger partial charge < -0.3 is 15.5 Å². The van der Waals surface area contributed by atoms with Crippen LogP contribution in [0.5, 0.6) is 0 Å². The van der Waals surface area contributed by atoms with Crippen molar-refractivity contribution in [3.63, 3.8) is 0 Å². The molecule has 0 aliphatic carbocycles. The number of carbonyl (C=O) groups excluding carboxylic acids is 2. The zero-order chi connectivity index (χ0) is 19.4. The number of fused-ring (bicyclic) bond motifs is 1. The summed E-state index contributed by atoms with van der Waals surface area (Å²) < 4.78 is 14.1. The van der Waals surface area contributed by atoms with E-state index in [1.165, 1.54) is 25.1 Å². The Labute approximate surface area is 162 Å². The van der Waals surface area contributed by atoms with Crippen LogP contribution in [0, 0.1) is 5.82 Å². The third-order valence-corrected chi connectivity index (χ3v) is 5.50. The number of benzene rings is 2. The van der Waals surface area contributed by atoms with Crippen LogP contribution in [0.15, 0.2) is 47.4 Å². The number of hydrogen-bond acceptors (Lipinski definition) is 4. The van der Waals surface area contributed by atoms with Gasteiger partial charge in [-0.15, -0.1) is 11.8 Å². The molecule has 2 amide bonds. The lowest BCUT2D eigenvalue weighted by molar-refractivity contribution is -0.117. The topological polar surface area (TPSA) is 61.4 Å². The predicted octanol–water partition coefficient (Wildman–Crippen LogP) is 4.11. The molecule has 1 heterocycles. The van der Waals surface area contributed by atoms with Gasteiger partial charge in [-0.25, -0.2) is 4.39 Å². The second kappa shape index (κ2) is 8.43. The Morgan fingerprint density at radius 2 is 2.04 bits per heavy atom. The molecule has 1 aliphatic rings. The van der Waals surface area contributed by atoms with Gasteiger partial charge in [0.1, 0.15) is 5.82 Å². The first-order valence-electron chi connectivity index (χ1n) is 8.81. The molecular weight excluding hydrogens is 365 g/mol. The molecular formula is C20H22FN3O2S. The van der Waals surface area contributed by atoms with E-state index in [1.807, 2.05) is 24.3 Å². The molecule has 5 nitrogen and oxygen atoms in total. The lowest BCUT2D eigenvalue weighted by Crippen LogP contribution is -2.36. The summed E-state index contributed by atoms with van der Waals surface area (Å²) in [6.07, 6.45) is 0.886. The number of thioether (sulfide) groups is 1. The predicted molar refractivity (Wildman–Crippen MR) is 108 cm³/mol. The summed E-state index contributed by atoms with van der Waals surface area (Å²) >= 11 is 1.76. The van der Waals surface area contributed by atoms with Crippen molar-refractivity contribution in [2.24, 2.45) is 0 Å². The maximum atomic E-state index is 14.1. The average Bonchev–Trinajstić information content (AvgIpc) is 2.79. The number of nitrogens with zero attached hydrogens (tertiary/aromatic N) is 1. The molecule has 3 rings (SSSR count). The number of amides is 2. The maximum absolute atomic E-state index is 14.1. The Bertz CT molecular complexity index is 859. The van der Waals surface area contributed by atoms with E-state index in [0.29, 0.717) is 17.5 Å². The van der Waals surface area contributed by atoms with Gasteiger partial charge in [-0.05, 0) is 36.8 Å². The highest BCUT2D eigenvalue weighted by molar-refractivity contribution is 8.00. The summed E-state index contributed by atoms with van der Waals surface area (Å²) in [7, 11) is 0. The van der Waals surface area contributed by atoms with Gasteiger partial charge in [-0.1, -0.05) is 19.1 Å². The van der Waals surface area contributed by atoms with Crippen molar-refractivity contribution in [3.05, 3.63) is 48.3 Å². The summed E-state index contributed by atoms with van der Waals surface area (Å²) in [6, 6.07) is 12.1. The first-order chi connectivity index (χ1) is 12.9. The van der Waals surface area contributed by atoms with Gasteiger partial charge >= 0.3 is 0 Å². The van der Waals surface area contributed by atoms with Crippen molar-refractivity contribution in [1.29, 1.82) is 0 Å². The Morgan fingerprint density at radius 3 is 2.81 bits per heavy atom.